The van der Waals surface area contributed by atoms with Crippen LogP contribution in [0.25, 0.3) is 0 Å². The van der Waals surface area contributed by atoms with Gasteiger partial charge in [0.15, 0.2) is 5.69 Å². The summed E-state index contributed by atoms with van der Waals surface area (Å²) in [4.78, 5) is 26.6. The fourth-order valence-corrected chi connectivity index (χ4v) is 2.37. The van der Waals surface area contributed by atoms with Crippen LogP contribution in [0.15, 0.2) is 0 Å². The van der Waals surface area contributed by atoms with E-state index >= 15 is 0 Å². The second-order valence-corrected chi connectivity index (χ2v) is 4.41. The lowest BCUT2D eigenvalue weighted by Gasteiger charge is -2.12. The first kappa shape index (κ1) is 13.3. The molecule has 1 aliphatic rings. The number of fused-ring (bicyclic) bond motifs is 1. The lowest BCUT2D eigenvalue weighted by molar-refractivity contribution is 0.0644. The van der Waals surface area contributed by atoms with E-state index in [4.69, 9.17) is 9.84 Å². The minimum absolute atomic E-state index is 0.0289. The van der Waals surface area contributed by atoms with Crippen molar-refractivity contribution in [2.24, 2.45) is 0 Å². The Morgan fingerprint density at radius 3 is 2.47 bits per heavy atom. The number of ether oxygens (including phenoxy) is 1. The summed E-state index contributed by atoms with van der Waals surface area (Å²) in [6, 6.07) is 0. The molecule has 0 radical (unpaired) electrons. The number of nitrogens with zero attached hydrogens (tertiary/aromatic N) is 1. The van der Waals surface area contributed by atoms with Crippen molar-refractivity contribution in [2.45, 2.75) is 32.6 Å². The molecule has 19 heavy (non-hydrogen) atoms. The van der Waals surface area contributed by atoms with Gasteiger partial charge in [0.05, 0.1) is 17.9 Å². The highest BCUT2D eigenvalue weighted by Crippen LogP contribution is 2.39. The lowest BCUT2D eigenvalue weighted by atomic mass is 9.97. The van der Waals surface area contributed by atoms with Crippen LogP contribution in [-0.4, -0.2) is 33.7 Å². The fourth-order valence-electron chi connectivity index (χ4n) is 2.37. The Kier molecular flexibility index (Phi) is 3.42. The van der Waals surface area contributed by atoms with Crippen molar-refractivity contribution in [1.29, 1.82) is 0 Å². The second-order valence-electron chi connectivity index (χ2n) is 4.41. The maximum Gasteiger partial charge on any atom is 0.355 e. The molecule has 0 saturated heterocycles. The van der Waals surface area contributed by atoms with E-state index in [0.29, 0.717) is 30.0 Å². The molecule has 1 unspecified atom stereocenters. The molecule has 2 heterocycles. The topological polar surface area (TPSA) is 96.7 Å². The van der Waals surface area contributed by atoms with E-state index < -0.39 is 17.6 Å². The van der Waals surface area contributed by atoms with Crippen LogP contribution in [0.1, 0.15) is 58.3 Å². The third kappa shape index (κ3) is 2.03. The molecule has 2 rings (SSSR count). The number of rotatable bonds is 4. The van der Waals surface area contributed by atoms with Crippen molar-refractivity contribution in [3.63, 3.8) is 0 Å². The third-order valence-corrected chi connectivity index (χ3v) is 3.36. The monoisotopic (exact) mass is 265 g/mol. The highest BCUT2D eigenvalue weighted by molar-refractivity contribution is 6.02. The number of aromatic nitrogens is 1. The van der Waals surface area contributed by atoms with Crippen LogP contribution in [0.3, 0.4) is 0 Å². The van der Waals surface area contributed by atoms with Gasteiger partial charge in [-0.3, -0.25) is 0 Å². The fraction of sp³-hybridized carbons (Fsp3) is 0.462. The molecule has 1 aromatic heterocycles. The van der Waals surface area contributed by atoms with Crippen LogP contribution in [0.4, 0.5) is 0 Å². The molecule has 0 amide bonds. The molecular weight excluding hydrogens is 250 g/mol. The molecule has 6 heteroatoms. The molecule has 1 atom stereocenters. The smallest absolute Gasteiger partial charge is 0.355 e. The second kappa shape index (κ2) is 4.87. The zero-order valence-electron chi connectivity index (χ0n) is 10.8. The van der Waals surface area contributed by atoms with Crippen molar-refractivity contribution in [3.05, 3.63) is 22.5 Å². The van der Waals surface area contributed by atoms with E-state index in [1.165, 1.54) is 0 Å². The molecule has 0 bridgehead atoms. The van der Waals surface area contributed by atoms with Gasteiger partial charge in [-0.2, -0.15) is 0 Å². The predicted molar refractivity (Wildman–Crippen MR) is 66.1 cm³/mol. The van der Waals surface area contributed by atoms with Gasteiger partial charge in [-0.1, -0.05) is 13.8 Å². The Bertz CT molecular complexity index is 552. The molecule has 0 fully saturated rings. The van der Waals surface area contributed by atoms with Crippen molar-refractivity contribution in [3.8, 4) is 5.75 Å². The molecule has 102 valence electrons. The van der Waals surface area contributed by atoms with E-state index in [1.54, 1.807) is 6.92 Å². The van der Waals surface area contributed by atoms with E-state index in [-0.39, 0.29) is 11.5 Å². The van der Waals surface area contributed by atoms with Gasteiger partial charge in [0.25, 0.3) is 0 Å². The van der Waals surface area contributed by atoms with Gasteiger partial charge in [0.1, 0.15) is 5.75 Å². The highest BCUT2D eigenvalue weighted by atomic mass is 16.5. The van der Waals surface area contributed by atoms with Crippen LogP contribution in [0.5, 0.6) is 5.75 Å². The van der Waals surface area contributed by atoms with Gasteiger partial charge in [-0.05, 0) is 12.8 Å². The van der Waals surface area contributed by atoms with Gasteiger partial charge in [0.2, 0.25) is 0 Å². The van der Waals surface area contributed by atoms with E-state index in [2.05, 4.69) is 4.98 Å². The van der Waals surface area contributed by atoms with Crippen LogP contribution in [-0.2, 0) is 6.42 Å². The Morgan fingerprint density at radius 1 is 1.32 bits per heavy atom. The summed E-state index contributed by atoms with van der Waals surface area (Å²) in [6.07, 6.45) is 1.16. The molecule has 6 nitrogen and oxygen atoms in total. The lowest BCUT2D eigenvalue weighted by Crippen LogP contribution is -2.15. The summed E-state index contributed by atoms with van der Waals surface area (Å²) in [5.74, 6) is -2.12. The Morgan fingerprint density at radius 2 is 2.00 bits per heavy atom. The standard InChI is InChI=1S/C13H15NO5/c1-3-6-5-19-11-7(4-2)8(12(15)16)10(13(17)18)14-9(6)11/h6H,3-5H2,1-2H3,(H,15,16)(H,17,18). The number of aromatic carboxylic acids is 2. The van der Waals surface area contributed by atoms with Gasteiger partial charge in [0, 0.05) is 11.5 Å². The number of carbonyl (C=O) groups is 2. The van der Waals surface area contributed by atoms with E-state index in [9.17, 15) is 14.7 Å². The minimum atomic E-state index is -1.32. The zero-order chi connectivity index (χ0) is 14.2. The maximum absolute atomic E-state index is 11.3. The first-order valence-electron chi connectivity index (χ1n) is 6.17. The minimum Gasteiger partial charge on any atom is -0.491 e. The average Bonchev–Trinajstić information content (AvgIpc) is 2.78. The van der Waals surface area contributed by atoms with Crippen LogP contribution in [0.2, 0.25) is 0 Å². The maximum atomic E-state index is 11.3. The van der Waals surface area contributed by atoms with Crippen molar-refractivity contribution in [1.82, 2.24) is 4.98 Å². The van der Waals surface area contributed by atoms with E-state index in [1.807, 2.05) is 6.92 Å². The third-order valence-electron chi connectivity index (χ3n) is 3.36. The summed E-state index contributed by atoms with van der Waals surface area (Å²) >= 11 is 0. The van der Waals surface area contributed by atoms with Gasteiger partial charge < -0.3 is 14.9 Å². The Labute approximate surface area is 110 Å². The molecular formula is C13H15NO5. The number of carboxylic acid groups (broad SMARTS) is 2. The summed E-state index contributed by atoms with van der Waals surface area (Å²) < 4.78 is 5.53. The first-order valence-corrected chi connectivity index (χ1v) is 6.17. The van der Waals surface area contributed by atoms with Crippen LogP contribution < -0.4 is 4.74 Å². The van der Waals surface area contributed by atoms with Crippen LogP contribution in [0, 0.1) is 0 Å². The molecule has 0 saturated carbocycles. The molecule has 0 aliphatic carbocycles. The van der Waals surface area contributed by atoms with Gasteiger partial charge in [-0.15, -0.1) is 0 Å². The van der Waals surface area contributed by atoms with Gasteiger partial charge >= 0.3 is 11.9 Å². The van der Waals surface area contributed by atoms with Gasteiger partial charge in [-0.25, -0.2) is 14.6 Å². The van der Waals surface area contributed by atoms with E-state index in [0.717, 1.165) is 6.42 Å². The summed E-state index contributed by atoms with van der Waals surface area (Å²) in [5.41, 5.74) is 0.338. The number of hydrogen-bond donors (Lipinski definition) is 2. The predicted octanol–water partition coefficient (Wildman–Crippen LogP) is 1.93. The summed E-state index contributed by atoms with van der Waals surface area (Å²) in [7, 11) is 0. The Balaban J connectivity index is 2.76. The van der Waals surface area contributed by atoms with Crippen molar-refractivity contribution >= 4 is 11.9 Å². The highest BCUT2D eigenvalue weighted by Gasteiger charge is 2.33. The molecule has 0 aromatic carbocycles. The number of carboxylic acids is 2. The summed E-state index contributed by atoms with van der Waals surface area (Å²) in [5, 5.41) is 18.4. The summed E-state index contributed by atoms with van der Waals surface area (Å²) in [6.45, 7) is 4.16. The SMILES string of the molecule is CCc1c2c(nc(C(=O)O)c1C(=O)O)C(CC)CO2. The molecule has 2 N–H and O–H groups in total. The Hall–Kier alpha value is -2.11. The molecule has 1 aliphatic heterocycles. The zero-order valence-corrected chi connectivity index (χ0v) is 10.8. The largest absolute Gasteiger partial charge is 0.491 e. The van der Waals surface area contributed by atoms with Crippen molar-refractivity contribution < 1.29 is 24.5 Å². The number of hydrogen-bond acceptors (Lipinski definition) is 4. The van der Waals surface area contributed by atoms with Crippen LogP contribution >= 0.6 is 0 Å². The van der Waals surface area contributed by atoms with Crippen molar-refractivity contribution in [2.75, 3.05) is 6.61 Å². The first-order chi connectivity index (χ1) is 9.01. The molecule has 0 spiro atoms. The normalized spacial score (nSPS) is 16.8. The quantitative estimate of drug-likeness (QED) is 0.863. The molecule has 1 aromatic rings. The number of pyridine rings is 1. The average molecular weight is 265 g/mol.